The van der Waals surface area contributed by atoms with Crippen LogP contribution in [0.4, 0.5) is 16.0 Å². The SMILES string of the molecule is CO[C@@H]1CN(Cc2cn(-c3ccnc(Nc4ccc5c(c4)c(C(=O)C4CC4)cn5CCF)n3)nc2C)C[C@@H]1O. The molecule has 204 valence electrons. The first-order chi connectivity index (χ1) is 18.9. The Morgan fingerprint density at radius 3 is 2.82 bits per heavy atom. The highest BCUT2D eigenvalue weighted by atomic mass is 19.1. The van der Waals surface area contributed by atoms with Gasteiger partial charge in [0.25, 0.3) is 0 Å². The minimum Gasteiger partial charge on any atom is -0.389 e. The summed E-state index contributed by atoms with van der Waals surface area (Å²) in [6, 6.07) is 7.47. The van der Waals surface area contributed by atoms with Crippen molar-refractivity contribution in [2.75, 3.05) is 32.2 Å². The number of ether oxygens (including phenoxy) is 1. The number of aromatic nitrogens is 5. The van der Waals surface area contributed by atoms with Crippen molar-refractivity contribution in [2.24, 2.45) is 5.92 Å². The lowest BCUT2D eigenvalue weighted by Gasteiger charge is -2.14. The molecule has 0 unspecified atom stereocenters. The van der Waals surface area contributed by atoms with E-state index in [-0.39, 0.29) is 24.3 Å². The van der Waals surface area contributed by atoms with Gasteiger partial charge in [-0.15, -0.1) is 0 Å². The van der Waals surface area contributed by atoms with Gasteiger partial charge in [-0.1, -0.05) is 0 Å². The zero-order chi connectivity index (χ0) is 27.1. The van der Waals surface area contributed by atoms with Crippen molar-refractivity contribution in [3.05, 3.63) is 59.7 Å². The summed E-state index contributed by atoms with van der Waals surface area (Å²) in [4.78, 5) is 24.1. The van der Waals surface area contributed by atoms with Gasteiger partial charge >= 0.3 is 0 Å². The van der Waals surface area contributed by atoms with E-state index in [1.165, 1.54) is 0 Å². The van der Waals surface area contributed by atoms with Gasteiger partial charge in [-0.25, -0.2) is 14.1 Å². The number of carbonyl (C=O) groups excluding carboxylic acids is 1. The summed E-state index contributed by atoms with van der Waals surface area (Å²) in [5.74, 6) is 1.20. The van der Waals surface area contributed by atoms with E-state index in [1.807, 2.05) is 35.9 Å². The summed E-state index contributed by atoms with van der Waals surface area (Å²) in [5, 5.41) is 18.9. The molecule has 0 spiro atoms. The first kappa shape index (κ1) is 25.6. The third kappa shape index (κ3) is 5.17. The minimum absolute atomic E-state index is 0.0745. The fraction of sp³-hybridized carbons (Fsp3) is 0.429. The van der Waals surface area contributed by atoms with Crippen LogP contribution < -0.4 is 5.32 Å². The summed E-state index contributed by atoms with van der Waals surface area (Å²) in [7, 11) is 1.62. The normalized spacial score (nSPS) is 19.7. The predicted molar refractivity (Wildman–Crippen MR) is 144 cm³/mol. The largest absolute Gasteiger partial charge is 0.389 e. The number of β-amino-alcohol motifs (C(OH)–C–C–N with tert-alkyl or cyclic N) is 1. The molecule has 39 heavy (non-hydrogen) atoms. The van der Waals surface area contributed by atoms with Crippen LogP contribution in [-0.4, -0.2) is 79.2 Å². The molecule has 2 fully saturated rings. The maximum Gasteiger partial charge on any atom is 0.229 e. The predicted octanol–water partition coefficient (Wildman–Crippen LogP) is 3.42. The summed E-state index contributed by atoms with van der Waals surface area (Å²) >= 11 is 0. The van der Waals surface area contributed by atoms with Crippen molar-refractivity contribution in [3.63, 3.8) is 0 Å². The van der Waals surface area contributed by atoms with Crippen molar-refractivity contribution in [3.8, 4) is 5.82 Å². The van der Waals surface area contributed by atoms with Gasteiger partial charge in [0.1, 0.15) is 6.67 Å². The van der Waals surface area contributed by atoms with Crippen LogP contribution in [0.15, 0.2) is 42.9 Å². The maximum atomic E-state index is 13.1. The smallest absolute Gasteiger partial charge is 0.229 e. The number of Topliss-reactive ketones (excluding diaryl/α,β-unsaturated/α-hetero) is 1. The van der Waals surface area contributed by atoms with Crippen LogP contribution in [0.2, 0.25) is 0 Å². The molecule has 1 aromatic carbocycles. The Labute approximate surface area is 225 Å². The van der Waals surface area contributed by atoms with Gasteiger partial charge in [0.2, 0.25) is 5.95 Å². The number of aryl methyl sites for hydroxylation is 2. The molecule has 4 heterocycles. The Kier molecular flexibility index (Phi) is 6.88. The number of likely N-dealkylation sites (tertiary alicyclic amines) is 1. The number of fused-ring (bicyclic) bond motifs is 1. The van der Waals surface area contributed by atoms with Crippen molar-refractivity contribution in [2.45, 2.75) is 45.1 Å². The molecular formula is C28H32FN7O3. The molecule has 2 N–H and O–H groups in total. The van der Waals surface area contributed by atoms with Crippen LogP contribution in [0.3, 0.4) is 0 Å². The standard InChI is InChI=1S/C28H32FN7O3/c1-17-19(12-34-15-24(37)25(16-34)39-2)13-36(33-17)26-7-9-30-28(32-26)31-20-5-6-23-21(11-20)22(14-35(23)10-8-29)27(38)18-3-4-18/h5-7,9,11,13-14,18,24-25,37H,3-4,8,10,12,15-16H2,1-2H3,(H,30,31,32)/t24-,25+/m0/s1. The Bertz CT molecular complexity index is 1510. The van der Waals surface area contributed by atoms with Gasteiger partial charge in [-0.05, 0) is 38.0 Å². The Balaban J connectivity index is 1.22. The van der Waals surface area contributed by atoms with Crippen molar-refractivity contribution < 1.29 is 19.0 Å². The van der Waals surface area contributed by atoms with E-state index in [9.17, 15) is 14.3 Å². The quantitative estimate of drug-likeness (QED) is 0.299. The van der Waals surface area contributed by atoms with E-state index in [0.29, 0.717) is 37.0 Å². The maximum absolute atomic E-state index is 13.1. The summed E-state index contributed by atoms with van der Waals surface area (Å²) in [6.07, 6.45) is 6.54. The molecule has 4 aromatic rings. The third-order valence-electron chi connectivity index (χ3n) is 7.56. The van der Waals surface area contributed by atoms with Gasteiger partial charge < -0.3 is 19.7 Å². The average molecular weight is 534 g/mol. The van der Waals surface area contributed by atoms with E-state index in [2.05, 4.69) is 25.3 Å². The van der Waals surface area contributed by atoms with E-state index in [4.69, 9.17) is 4.74 Å². The summed E-state index contributed by atoms with van der Waals surface area (Å²) < 4.78 is 22.0. The van der Waals surface area contributed by atoms with Crippen LogP contribution in [0.25, 0.3) is 16.7 Å². The number of rotatable bonds is 10. The van der Waals surface area contributed by atoms with Crippen LogP contribution in [-0.2, 0) is 17.8 Å². The molecule has 0 radical (unpaired) electrons. The Morgan fingerprint density at radius 1 is 1.23 bits per heavy atom. The van der Waals surface area contributed by atoms with Crippen molar-refractivity contribution >= 4 is 28.3 Å². The van der Waals surface area contributed by atoms with E-state index in [1.54, 1.807) is 30.3 Å². The second-order valence-corrected chi connectivity index (χ2v) is 10.4. The molecule has 6 rings (SSSR count). The van der Waals surface area contributed by atoms with Gasteiger partial charge in [0.15, 0.2) is 11.6 Å². The van der Waals surface area contributed by atoms with Crippen LogP contribution in [0.5, 0.6) is 0 Å². The number of aliphatic hydroxyl groups excluding tert-OH is 1. The number of methoxy groups -OCH3 is 1. The monoisotopic (exact) mass is 533 g/mol. The molecule has 2 atom stereocenters. The third-order valence-corrected chi connectivity index (χ3v) is 7.56. The topological polar surface area (TPSA) is 110 Å². The van der Waals surface area contributed by atoms with Gasteiger partial charge in [-0.2, -0.15) is 10.1 Å². The molecule has 1 saturated heterocycles. The molecule has 11 heteroatoms. The summed E-state index contributed by atoms with van der Waals surface area (Å²) in [6.45, 7) is 3.55. The number of carbonyl (C=O) groups is 1. The first-order valence-electron chi connectivity index (χ1n) is 13.3. The van der Waals surface area contributed by atoms with E-state index < -0.39 is 12.8 Å². The lowest BCUT2D eigenvalue weighted by molar-refractivity contribution is 0.0215. The molecule has 2 aliphatic rings. The molecule has 0 amide bonds. The van der Waals surface area contributed by atoms with Crippen LogP contribution in [0.1, 0.15) is 34.5 Å². The van der Waals surface area contributed by atoms with Gasteiger partial charge in [0.05, 0.1) is 24.4 Å². The fourth-order valence-electron chi connectivity index (χ4n) is 5.28. The molecule has 10 nitrogen and oxygen atoms in total. The number of benzene rings is 1. The fourth-order valence-corrected chi connectivity index (χ4v) is 5.28. The van der Waals surface area contributed by atoms with Crippen molar-refractivity contribution in [1.29, 1.82) is 0 Å². The molecule has 1 aliphatic heterocycles. The lowest BCUT2D eigenvalue weighted by Crippen LogP contribution is -2.25. The van der Waals surface area contributed by atoms with Gasteiger partial charge in [0, 0.05) is 85.0 Å². The zero-order valence-corrected chi connectivity index (χ0v) is 22.0. The molecule has 1 saturated carbocycles. The number of aliphatic hydroxyl groups is 1. The minimum atomic E-state index is -0.496. The van der Waals surface area contributed by atoms with E-state index in [0.717, 1.165) is 40.7 Å². The second-order valence-electron chi connectivity index (χ2n) is 10.4. The van der Waals surface area contributed by atoms with Crippen molar-refractivity contribution in [1.82, 2.24) is 29.2 Å². The van der Waals surface area contributed by atoms with Gasteiger partial charge in [-0.3, -0.25) is 9.69 Å². The second kappa shape index (κ2) is 10.5. The Morgan fingerprint density at radius 2 is 2.08 bits per heavy atom. The number of nitrogens with one attached hydrogen (secondary N) is 1. The Hall–Kier alpha value is -3.67. The molecule has 1 aliphatic carbocycles. The number of alkyl halides is 1. The number of nitrogens with zero attached hydrogens (tertiary/aromatic N) is 6. The number of anilines is 2. The highest BCUT2D eigenvalue weighted by Gasteiger charge is 2.33. The lowest BCUT2D eigenvalue weighted by atomic mass is 10.1. The zero-order valence-electron chi connectivity index (χ0n) is 22.0. The first-order valence-corrected chi connectivity index (χ1v) is 13.3. The van der Waals surface area contributed by atoms with E-state index >= 15 is 0 Å². The number of halogens is 1. The molecule has 3 aromatic heterocycles. The summed E-state index contributed by atoms with van der Waals surface area (Å²) in [5.41, 5.74) is 4.14. The number of hydrogen-bond acceptors (Lipinski definition) is 8. The van der Waals surface area contributed by atoms with Crippen LogP contribution >= 0.6 is 0 Å². The highest BCUT2D eigenvalue weighted by Crippen LogP contribution is 2.36. The van der Waals surface area contributed by atoms with Crippen LogP contribution in [0, 0.1) is 12.8 Å². The number of hydrogen-bond donors (Lipinski definition) is 2. The number of ketones is 1. The highest BCUT2D eigenvalue weighted by molar-refractivity contribution is 6.10. The molecule has 0 bridgehead atoms. The average Bonchev–Trinajstić information content (AvgIpc) is 3.52. The molecular weight excluding hydrogens is 501 g/mol.